The highest BCUT2D eigenvalue weighted by molar-refractivity contribution is 7.99. The maximum absolute atomic E-state index is 11.1. The van der Waals surface area contributed by atoms with Gasteiger partial charge in [0.1, 0.15) is 16.7 Å². The van der Waals surface area contributed by atoms with Crippen LogP contribution in [0, 0.1) is 18.3 Å². The second-order valence-corrected chi connectivity index (χ2v) is 5.14. The number of hydrogen-bond acceptors (Lipinski definition) is 5. The molecule has 5 nitrogen and oxygen atoms in total. The summed E-state index contributed by atoms with van der Waals surface area (Å²) in [4.78, 5) is 11.1. The summed E-state index contributed by atoms with van der Waals surface area (Å²) in [6.45, 7) is 3.72. The van der Waals surface area contributed by atoms with E-state index in [-0.39, 0.29) is 11.2 Å². The lowest BCUT2D eigenvalue weighted by Gasteiger charge is -2.09. The lowest BCUT2D eigenvalue weighted by Crippen LogP contribution is -2.09. The summed E-state index contributed by atoms with van der Waals surface area (Å²) in [5.41, 5.74) is 1.29. The lowest BCUT2D eigenvalue weighted by atomic mass is 10.3. The lowest BCUT2D eigenvalue weighted by molar-refractivity contribution is -0.140. The van der Waals surface area contributed by atoms with Gasteiger partial charge in [-0.05, 0) is 6.92 Å². The van der Waals surface area contributed by atoms with E-state index in [0.29, 0.717) is 17.7 Å². The molecule has 0 aliphatic carbocycles. The smallest absolute Gasteiger partial charge is 0.306 e. The van der Waals surface area contributed by atoms with Gasteiger partial charge in [-0.2, -0.15) is 10.4 Å². The fourth-order valence-corrected chi connectivity index (χ4v) is 2.56. The van der Waals surface area contributed by atoms with Gasteiger partial charge in [-0.3, -0.25) is 9.48 Å². The molecule has 0 amide bonds. The topological polar surface area (TPSA) is 67.9 Å². The number of rotatable bonds is 4. The molecule has 0 N–H and O–H groups in total. The van der Waals surface area contributed by atoms with Gasteiger partial charge >= 0.3 is 5.97 Å². The van der Waals surface area contributed by atoms with Crippen LogP contribution in [0.1, 0.15) is 24.6 Å². The van der Waals surface area contributed by atoms with Crippen molar-refractivity contribution < 1.29 is 9.53 Å². The molecule has 0 aliphatic heterocycles. The minimum absolute atomic E-state index is 0.0457. The zero-order valence-corrected chi connectivity index (χ0v) is 11.2. The third-order valence-corrected chi connectivity index (χ3v) is 3.54. The third-order valence-electron chi connectivity index (χ3n) is 2.28. The van der Waals surface area contributed by atoms with Crippen LogP contribution in [0.4, 0.5) is 0 Å². The van der Waals surface area contributed by atoms with Gasteiger partial charge in [-0.25, -0.2) is 0 Å². The first-order valence-corrected chi connectivity index (χ1v) is 6.04. The van der Waals surface area contributed by atoms with E-state index in [1.165, 1.54) is 18.9 Å². The highest BCUT2D eigenvalue weighted by Gasteiger charge is 2.18. The molecule has 0 aliphatic rings. The molecule has 0 radical (unpaired) electrons. The first-order chi connectivity index (χ1) is 7.99. The van der Waals surface area contributed by atoms with E-state index in [0.717, 1.165) is 5.03 Å². The van der Waals surface area contributed by atoms with Crippen LogP contribution in [0.15, 0.2) is 5.03 Å². The predicted octanol–water partition coefficient (Wildman–Crippen LogP) is 1.64. The third kappa shape index (κ3) is 3.24. The van der Waals surface area contributed by atoms with E-state index >= 15 is 0 Å². The van der Waals surface area contributed by atoms with Crippen molar-refractivity contribution in [2.75, 3.05) is 7.11 Å². The van der Waals surface area contributed by atoms with Crippen LogP contribution >= 0.6 is 11.8 Å². The molecular formula is C11H15N3O2S. The fraction of sp³-hybridized carbons (Fsp3) is 0.545. The number of carbonyl (C=O) groups excluding carboxylic acids is 1. The average Bonchev–Trinajstić information content (AvgIpc) is 2.53. The van der Waals surface area contributed by atoms with Crippen LogP contribution in [0.25, 0.3) is 0 Å². The summed E-state index contributed by atoms with van der Waals surface area (Å²) in [6, 6.07) is 2.14. The van der Waals surface area contributed by atoms with Gasteiger partial charge in [0.2, 0.25) is 0 Å². The van der Waals surface area contributed by atoms with E-state index in [9.17, 15) is 4.79 Å². The summed E-state index contributed by atoms with van der Waals surface area (Å²) in [5.74, 6) is -0.248. The maximum Gasteiger partial charge on any atom is 0.306 e. The normalized spacial score (nSPS) is 11.9. The number of nitriles is 1. The average molecular weight is 253 g/mol. The van der Waals surface area contributed by atoms with Crippen molar-refractivity contribution in [1.82, 2.24) is 9.78 Å². The molecule has 0 fully saturated rings. The van der Waals surface area contributed by atoms with Crippen LogP contribution in [-0.2, 0) is 16.6 Å². The molecule has 1 aromatic rings. The summed E-state index contributed by atoms with van der Waals surface area (Å²) in [7, 11) is 3.16. The second kappa shape index (κ2) is 5.73. The molecular weight excluding hydrogens is 238 g/mol. The molecule has 1 atom stereocenters. The Morgan fingerprint density at radius 3 is 2.88 bits per heavy atom. The van der Waals surface area contributed by atoms with Crippen LogP contribution in [0.2, 0.25) is 0 Å². The number of esters is 1. The Morgan fingerprint density at radius 1 is 1.71 bits per heavy atom. The summed E-state index contributed by atoms with van der Waals surface area (Å²) in [5, 5.41) is 14.1. The van der Waals surface area contributed by atoms with E-state index < -0.39 is 0 Å². The van der Waals surface area contributed by atoms with E-state index in [4.69, 9.17) is 5.26 Å². The Labute approximate surface area is 105 Å². The zero-order valence-electron chi connectivity index (χ0n) is 10.4. The van der Waals surface area contributed by atoms with E-state index in [1.54, 1.807) is 18.7 Å². The molecule has 1 unspecified atom stereocenters. The second-order valence-electron chi connectivity index (χ2n) is 3.71. The molecule has 1 aromatic heterocycles. The van der Waals surface area contributed by atoms with Crippen molar-refractivity contribution in [1.29, 1.82) is 5.26 Å². The standard InChI is InChI=1S/C11H15N3O2S/c1-7(5-10(15)16-4)17-11-9(6-12)8(2)13-14(11)3/h7H,5H2,1-4H3. The first kappa shape index (κ1) is 13.6. The number of aromatic nitrogens is 2. The molecule has 92 valence electrons. The van der Waals surface area contributed by atoms with Crippen molar-refractivity contribution in [2.24, 2.45) is 7.05 Å². The highest BCUT2D eigenvalue weighted by Crippen LogP contribution is 2.29. The molecule has 6 heteroatoms. The summed E-state index contributed by atoms with van der Waals surface area (Å²) >= 11 is 1.46. The summed E-state index contributed by atoms with van der Waals surface area (Å²) < 4.78 is 6.28. The van der Waals surface area contributed by atoms with Crippen LogP contribution < -0.4 is 0 Å². The minimum Gasteiger partial charge on any atom is -0.469 e. The minimum atomic E-state index is -0.248. The Kier molecular flexibility index (Phi) is 4.58. The van der Waals surface area contributed by atoms with E-state index in [1.807, 2.05) is 6.92 Å². The Bertz CT molecular complexity index is 462. The Hall–Kier alpha value is -1.48. The first-order valence-electron chi connectivity index (χ1n) is 5.16. The van der Waals surface area contributed by atoms with E-state index in [2.05, 4.69) is 15.9 Å². The molecule has 1 heterocycles. The maximum atomic E-state index is 11.1. The number of thioether (sulfide) groups is 1. The fourth-order valence-electron chi connectivity index (χ4n) is 1.45. The molecule has 0 aromatic carbocycles. The largest absolute Gasteiger partial charge is 0.469 e. The van der Waals surface area contributed by atoms with Gasteiger partial charge < -0.3 is 4.74 Å². The molecule has 0 bridgehead atoms. The van der Waals surface area contributed by atoms with Gasteiger partial charge in [-0.1, -0.05) is 6.92 Å². The number of aryl methyl sites for hydroxylation is 2. The number of carbonyl (C=O) groups is 1. The molecule has 17 heavy (non-hydrogen) atoms. The van der Waals surface area contributed by atoms with Gasteiger partial charge in [0, 0.05) is 12.3 Å². The van der Waals surface area contributed by atoms with Crippen molar-refractivity contribution in [2.45, 2.75) is 30.5 Å². The Morgan fingerprint density at radius 2 is 2.35 bits per heavy atom. The molecule has 0 saturated carbocycles. The van der Waals surface area contributed by atoms with Gasteiger partial charge in [0.15, 0.2) is 0 Å². The predicted molar refractivity (Wildman–Crippen MR) is 64.6 cm³/mol. The van der Waals surface area contributed by atoms with Crippen molar-refractivity contribution in [3.8, 4) is 6.07 Å². The van der Waals surface area contributed by atoms with Crippen molar-refractivity contribution >= 4 is 17.7 Å². The number of nitrogens with zero attached hydrogens (tertiary/aromatic N) is 3. The zero-order chi connectivity index (χ0) is 13.0. The van der Waals surface area contributed by atoms with Gasteiger partial charge in [0.05, 0.1) is 19.2 Å². The molecule has 0 saturated heterocycles. The van der Waals surface area contributed by atoms with Crippen molar-refractivity contribution in [3.05, 3.63) is 11.3 Å². The number of methoxy groups -OCH3 is 1. The number of ether oxygens (including phenoxy) is 1. The van der Waals surface area contributed by atoms with Crippen LogP contribution in [0.5, 0.6) is 0 Å². The van der Waals surface area contributed by atoms with Gasteiger partial charge in [-0.15, -0.1) is 11.8 Å². The monoisotopic (exact) mass is 253 g/mol. The van der Waals surface area contributed by atoms with Gasteiger partial charge in [0.25, 0.3) is 0 Å². The quantitative estimate of drug-likeness (QED) is 0.603. The summed E-state index contributed by atoms with van der Waals surface area (Å²) in [6.07, 6.45) is 0.316. The SMILES string of the molecule is COC(=O)CC(C)Sc1c(C#N)c(C)nn1C. The highest BCUT2D eigenvalue weighted by atomic mass is 32.2. The molecule has 1 rings (SSSR count). The number of hydrogen-bond donors (Lipinski definition) is 0. The van der Waals surface area contributed by atoms with Crippen molar-refractivity contribution in [3.63, 3.8) is 0 Å². The molecule has 0 spiro atoms. The Balaban J connectivity index is 2.82. The van der Waals surface area contributed by atoms with Crippen LogP contribution in [-0.4, -0.2) is 28.1 Å². The van der Waals surface area contributed by atoms with Crippen LogP contribution in [0.3, 0.4) is 0 Å².